The van der Waals surface area contributed by atoms with E-state index in [1.54, 1.807) is 13.0 Å². The number of benzene rings is 2. The maximum Gasteiger partial charge on any atom is 0.341 e. The van der Waals surface area contributed by atoms with Crippen molar-refractivity contribution in [1.82, 2.24) is 0 Å². The minimum Gasteiger partial charge on any atom is -0.503 e. The molecule has 7 nitrogen and oxygen atoms in total. The van der Waals surface area contributed by atoms with Crippen LogP contribution in [0.2, 0.25) is 0 Å². The molecule has 0 spiro atoms. The molecule has 152 valence electrons. The number of oxime groups is 2. The van der Waals surface area contributed by atoms with Gasteiger partial charge in [0.25, 0.3) is 0 Å². The molecule has 2 rings (SSSR count). The number of hydrogen-bond acceptors (Lipinski definition) is 7. The standard InChI is InChI=1S/C22H24N2O5/c1-16(21(24-28-4)17-10-6-5-7-11-17)23-29-14-18-12-8-9-13-19(18)20(15-26-2)22(25)27-3/h5-13,15H,14H2,1-4H3. The summed E-state index contributed by atoms with van der Waals surface area (Å²) in [6.45, 7) is 1.92. The molecule has 0 fully saturated rings. The minimum absolute atomic E-state index is 0.139. The first kappa shape index (κ1) is 21.7. The second kappa shape index (κ2) is 11.3. The molecule has 0 saturated heterocycles. The highest BCUT2D eigenvalue weighted by atomic mass is 16.6. The number of carbonyl (C=O) groups excluding carboxylic acids is 1. The van der Waals surface area contributed by atoms with Crippen LogP contribution in [0.1, 0.15) is 23.6 Å². The van der Waals surface area contributed by atoms with Crippen LogP contribution in [0, 0.1) is 0 Å². The van der Waals surface area contributed by atoms with Crippen molar-refractivity contribution in [3.05, 3.63) is 77.5 Å². The van der Waals surface area contributed by atoms with Crippen LogP contribution in [0.4, 0.5) is 0 Å². The summed E-state index contributed by atoms with van der Waals surface area (Å²) in [5.41, 5.74) is 3.66. The van der Waals surface area contributed by atoms with Gasteiger partial charge in [-0.1, -0.05) is 64.9 Å². The van der Waals surface area contributed by atoms with Crippen LogP contribution in [0.25, 0.3) is 5.57 Å². The molecule has 0 aliphatic heterocycles. The van der Waals surface area contributed by atoms with E-state index in [1.165, 1.54) is 27.6 Å². The summed E-state index contributed by atoms with van der Waals surface area (Å²) in [5, 5.41) is 8.21. The molecule has 0 aromatic heterocycles. The third kappa shape index (κ3) is 5.93. The zero-order valence-electron chi connectivity index (χ0n) is 16.9. The lowest BCUT2D eigenvalue weighted by Gasteiger charge is -2.11. The van der Waals surface area contributed by atoms with Gasteiger partial charge in [-0.05, 0) is 12.5 Å². The number of carbonyl (C=O) groups is 1. The van der Waals surface area contributed by atoms with Crippen molar-refractivity contribution in [3.8, 4) is 0 Å². The average Bonchev–Trinajstić information content (AvgIpc) is 2.76. The van der Waals surface area contributed by atoms with E-state index in [2.05, 4.69) is 10.3 Å². The Hall–Kier alpha value is -3.61. The molecule has 0 saturated carbocycles. The lowest BCUT2D eigenvalue weighted by molar-refractivity contribution is -0.133. The lowest BCUT2D eigenvalue weighted by atomic mass is 10.0. The molecule has 2 aromatic rings. The van der Waals surface area contributed by atoms with E-state index in [0.717, 1.165) is 11.1 Å². The van der Waals surface area contributed by atoms with Crippen molar-refractivity contribution in [3.63, 3.8) is 0 Å². The van der Waals surface area contributed by atoms with Crippen LogP contribution < -0.4 is 0 Å². The molecular weight excluding hydrogens is 372 g/mol. The predicted octanol–water partition coefficient (Wildman–Crippen LogP) is 3.79. The van der Waals surface area contributed by atoms with Gasteiger partial charge in [0.15, 0.2) is 0 Å². The summed E-state index contributed by atoms with van der Waals surface area (Å²) >= 11 is 0. The van der Waals surface area contributed by atoms with Gasteiger partial charge in [-0.2, -0.15) is 0 Å². The second-order valence-electron chi connectivity index (χ2n) is 5.85. The predicted molar refractivity (Wildman–Crippen MR) is 111 cm³/mol. The largest absolute Gasteiger partial charge is 0.503 e. The van der Waals surface area contributed by atoms with Crippen molar-refractivity contribution < 1.29 is 23.9 Å². The van der Waals surface area contributed by atoms with Crippen LogP contribution in [0.5, 0.6) is 0 Å². The minimum atomic E-state index is -0.502. The summed E-state index contributed by atoms with van der Waals surface area (Å²) in [6, 6.07) is 16.8. The van der Waals surface area contributed by atoms with Gasteiger partial charge in [0.1, 0.15) is 30.7 Å². The van der Waals surface area contributed by atoms with Gasteiger partial charge in [-0.25, -0.2) is 4.79 Å². The van der Waals surface area contributed by atoms with E-state index in [0.29, 0.717) is 22.6 Å². The fourth-order valence-electron chi connectivity index (χ4n) is 2.62. The Kier molecular flexibility index (Phi) is 8.44. The topological polar surface area (TPSA) is 78.7 Å². The van der Waals surface area contributed by atoms with Crippen LogP contribution in [-0.4, -0.2) is 38.7 Å². The number of ether oxygens (including phenoxy) is 2. The molecule has 0 N–H and O–H groups in total. The average molecular weight is 396 g/mol. The normalized spacial score (nSPS) is 12.3. The molecule has 0 heterocycles. The Labute approximate surface area is 170 Å². The van der Waals surface area contributed by atoms with Crippen molar-refractivity contribution >= 4 is 23.0 Å². The van der Waals surface area contributed by atoms with E-state index < -0.39 is 5.97 Å². The summed E-state index contributed by atoms with van der Waals surface area (Å²) in [6.07, 6.45) is 1.35. The van der Waals surface area contributed by atoms with Crippen molar-refractivity contribution in [1.29, 1.82) is 0 Å². The first-order valence-corrected chi connectivity index (χ1v) is 8.85. The Balaban J connectivity index is 2.23. The monoisotopic (exact) mass is 396 g/mol. The fourth-order valence-corrected chi connectivity index (χ4v) is 2.62. The van der Waals surface area contributed by atoms with Crippen LogP contribution in [0.3, 0.4) is 0 Å². The number of hydrogen-bond donors (Lipinski definition) is 0. The molecule has 0 aliphatic rings. The molecule has 0 bridgehead atoms. The zero-order chi connectivity index (χ0) is 21.1. The lowest BCUT2D eigenvalue weighted by Crippen LogP contribution is -2.13. The highest BCUT2D eigenvalue weighted by molar-refractivity contribution is 6.47. The van der Waals surface area contributed by atoms with Crippen LogP contribution >= 0.6 is 0 Å². The fraction of sp³-hybridized carbons (Fsp3) is 0.227. The first-order valence-electron chi connectivity index (χ1n) is 8.85. The molecule has 0 unspecified atom stereocenters. The van der Waals surface area contributed by atoms with Gasteiger partial charge >= 0.3 is 5.97 Å². The zero-order valence-corrected chi connectivity index (χ0v) is 16.9. The molecule has 0 radical (unpaired) electrons. The highest BCUT2D eigenvalue weighted by Crippen LogP contribution is 2.21. The molecular formula is C22H24N2O5. The van der Waals surface area contributed by atoms with Gasteiger partial charge in [0, 0.05) is 11.1 Å². The highest BCUT2D eigenvalue weighted by Gasteiger charge is 2.17. The molecule has 0 aliphatic carbocycles. The summed E-state index contributed by atoms with van der Waals surface area (Å²) < 4.78 is 9.86. The molecule has 29 heavy (non-hydrogen) atoms. The van der Waals surface area contributed by atoms with Gasteiger partial charge in [0.05, 0.1) is 20.5 Å². The Bertz CT molecular complexity index is 904. The smallest absolute Gasteiger partial charge is 0.341 e. The van der Waals surface area contributed by atoms with Crippen molar-refractivity contribution in [2.75, 3.05) is 21.3 Å². The van der Waals surface area contributed by atoms with Crippen molar-refractivity contribution in [2.24, 2.45) is 10.3 Å². The second-order valence-corrected chi connectivity index (χ2v) is 5.85. The SMILES string of the molecule is COC=C(C(=O)OC)c1ccccc1CON=C(C)C(=NOC)c1ccccc1. The Morgan fingerprint density at radius 1 is 0.966 bits per heavy atom. The first-order chi connectivity index (χ1) is 14.1. The number of esters is 1. The molecule has 7 heteroatoms. The van der Waals surface area contributed by atoms with Gasteiger partial charge in [0.2, 0.25) is 0 Å². The van der Waals surface area contributed by atoms with Crippen LogP contribution in [-0.2, 0) is 30.6 Å². The van der Waals surface area contributed by atoms with E-state index >= 15 is 0 Å². The van der Waals surface area contributed by atoms with Gasteiger partial charge in [-0.15, -0.1) is 0 Å². The van der Waals surface area contributed by atoms with Gasteiger partial charge < -0.3 is 19.1 Å². The van der Waals surface area contributed by atoms with E-state index in [4.69, 9.17) is 19.1 Å². The van der Waals surface area contributed by atoms with Crippen LogP contribution in [0.15, 0.2) is 71.2 Å². The maximum atomic E-state index is 12.1. The summed E-state index contributed by atoms with van der Waals surface area (Å²) in [4.78, 5) is 22.6. The number of methoxy groups -OCH3 is 2. The molecule has 0 amide bonds. The van der Waals surface area contributed by atoms with E-state index in [9.17, 15) is 4.79 Å². The third-order valence-electron chi connectivity index (χ3n) is 3.94. The third-order valence-corrected chi connectivity index (χ3v) is 3.94. The summed E-state index contributed by atoms with van der Waals surface area (Å²) in [5.74, 6) is -0.502. The number of nitrogens with zero attached hydrogens (tertiary/aromatic N) is 2. The van der Waals surface area contributed by atoms with Crippen molar-refractivity contribution in [2.45, 2.75) is 13.5 Å². The Morgan fingerprint density at radius 3 is 2.31 bits per heavy atom. The van der Waals surface area contributed by atoms with E-state index in [-0.39, 0.29) is 6.61 Å². The Morgan fingerprint density at radius 2 is 1.66 bits per heavy atom. The number of rotatable bonds is 9. The van der Waals surface area contributed by atoms with Gasteiger partial charge in [-0.3, -0.25) is 0 Å². The summed E-state index contributed by atoms with van der Waals surface area (Å²) in [7, 11) is 4.26. The maximum absolute atomic E-state index is 12.1. The molecule has 0 atom stereocenters. The molecule has 2 aromatic carbocycles. The van der Waals surface area contributed by atoms with E-state index in [1.807, 2.05) is 48.5 Å². The quantitative estimate of drug-likeness (QED) is 0.212.